The first kappa shape index (κ1) is 29.2. The molecule has 0 saturated carbocycles. The number of alkyl halides is 9. The number of carbonyl (C=O) groups excluding carboxylic acids is 2. The zero-order valence-electron chi connectivity index (χ0n) is 18.3. The molecule has 2 amide bonds. The second kappa shape index (κ2) is 11.4. The SMILES string of the molecule is CC(=O)OCN(C(=O)Nc1ccc(C(F)(F)F)cc1)c1nc(OCC(F)(F)F)cc(OCC(F)(F)F)n1. The Morgan fingerprint density at radius 1 is 0.865 bits per heavy atom. The van der Waals surface area contributed by atoms with Crippen molar-refractivity contribution in [2.24, 2.45) is 0 Å². The Bertz CT molecular complexity index is 1050. The Labute approximate surface area is 201 Å². The molecule has 1 heterocycles. The fourth-order valence-corrected chi connectivity index (χ4v) is 2.27. The van der Waals surface area contributed by atoms with Crippen molar-refractivity contribution in [1.82, 2.24) is 9.97 Å². The van der Waals surface area contributed by atoms with Crippen molar-refractivity contribution in [3.05, 3.63) is 35.9 Å². The Balaban J connectivity index is 2.40. The summed E-state index contributed by atoms with van der Waals surface area (Å²) in [5.41, 5.74) is -1.27. The lowest BCUT2D eigenvalue weighted by atomic mass is 10.2. The minimum atomic E-state index is -4.88. The Morgan fingerprint density at radius 2 is 1.35 bits per heavy atom. The maximum absolute atomic E-state index is 12.7. The van der Waals surface area contributed by atoms with Crippen LogP contribution in [0.15, 0.2) is 30.3 Å². The Morgan fingerprint density at radius 3 is 1.76 bits per heavy atom. The van der Waals surface area contributed by atoms with Gasteiger partial charge in [0, 0.05) is 12.6 Å². The summed E-state index contributed by atoms with van der Waals surface area (Å²) in [4.78, 5) is 31.3. The number of benzene rings is 1. The third-order valence-electron chi connectivity index (χ3n) is 3.78. The summed E-state index contributed by atoms with van der Waals surface area (Å²) < 4.78 is 127. The summed E-state index contributed by atoms with van der Waals surface area (Å²) in [6.45, 7) is -3.95. The van der Waals surface area contributed by atoms with Crippen molar-refractivity contribution >= 4 is 23.6 Å². The van der Waals surface area contributed by atoms with Crippen molar-refractivity contribution in [3.8, 4) is 11.8 Å². The average Bonchev–Trinajstić information content (AvgIpc) is 2.75. The van der Waals surface area contributed by atoms with Gasteiger partial charge in [0.2, 0.25) is 17.7 Å². The van der Waals surface area contributed by atoms with E-state index in [1.54, 1.807) is 0 Å². The summed E-state index contributed by atoms with van der Waals surface area (Å²) in [5.74, 6) is -3.82. The predicted octanol–water partition coefficient (Wildman–Crippen LogP) is 4.94. The van der Waals surface area contributed by atoms with E-state index >= 15 is 0 Å². The number of ether oxygens (including phenoxy) is 3. The molecule has 0 unspecified atom stereocenters. The number of nitrogens with zero attached hydrogens (tertiary/aromatic N) is 3. The first-order valence-electron chi connectivity index (χ1n) is 9.60. The molecule has 2 rings (SSSR count). The number of anilines is 2. The first-order valence-corrected chi connectivity index (χ1v) is 9.60. The quantitative estimate of drug-likeness (QED) is 0.282. The number of amides is 2. The molecule has 9 nitrogen and oxygen atoms in total. The van der Waals surface area contributed by atoms with Crippen molar-refractivity contribution in [2.45, 2.75) is 25.5 Å². The third-order valence-corrected chi connectivity index (χ3v) is 3.78. The van der Waals surface area contributed by atoms with E-state index in [9.17, 15) is 49.1 Å². The van der Waals surface area contributed by atoms with E-state index in [4.69, 9.17) is 0 Å². The van der Waals surface area contributed by atoms with Crippen LogP contribution < -0.4 is 19.7 Å². The van der Waals surface area contributed by atoms with E-state index in [2.05, 4.69) is 29.5 Å². The molecule has 0 bridgehead atoms. The van der Waals surface area contributed by atoms with Crippen LogP contribution in [0.4, 0.5) is 55.9 Å². The monoisotopic (exact) mass is 550 g/mol. The number of carbonyl (C=O) groups is 2. The van der Waals surface area contributed by atoms with Crippen LogP contribution in [0.1, 0.15) is 12.5 Å². The van der Waals surface area contributed by atoms with E-state index in [1.807, 2.05) is 0 Å². The Hall–Kier alpha value is -3.99. The highest BCUT2D eigenvalue weighted by Gasteiger charge is 2.32. The van der Waals surface area contributed by atoms with Gasteiger partial charge in [0.25, 0.3) is 0 Å². The molecule has 1 aromatic heterocycles. The molecule has 37 heavy (non-hydrogen) atoms. The van der Waals surface area contributed by atoms with Gasteiger partial charge in [-0.3, -0.25) is 4.79 Å². The van der Waals surface area contributed by atoms with Crippen LogP contribution in [0.5, 0.6) is 11.8 Å². The zero-order valence-corrected chi connectivity index (χ0v) is 18.3. The molecule has 0 aliphatic carbocycles. The third kappa shape index (κ3) is 10.3. The number of urea groups is 1. The number of halogens is 9. The Kier molecular flexibility index (Phi) is 8.99. The van der Waals surface area contributed by atoms with E-state index in [1.165, 1.54) is 0 Å². The van der Waals surface area contributed by atoms with Crippen LogP contribution in [0.3, 0.4) is 0 Å². The number of rotatable bonds is 8. The van der Waals surface area contributed by atoms with Gasteiger partial charge in [-0.05, 0) is 24.3 Å². The first-order chi connectivity index (χ1) is 16.9. The highest BCUT2D eigenvalue weighted by atomic mass is 19.4. The summed E-state index contributed by atoms with van der Waals surface area (Å²) in [7, 11) is 0. The van der Waals surface area contributed by atoms with Gasteiger partial charge in [0.15, 0.2) is 19.9 Å². The molecule has 0 radical (unpaired) electrons. The molecule has 18 heteroatoms. The van der Waals surface area contributed by atoms with E-state index < -0.39 is 73.7 Å². The van der Waals surface area contributed by atoms with Gasteiger partial charge in [-0.1, -0.05) is 0 Å². The molecule has 0 aliphatic rings. The predicted molar refractivity (Wildman–Crippen MR) is 105 cm³/mol. The van der Waals surface area contributed by atoms with E-state index in [0.29, 0.717) is 23.1 Å². The standard InChI is InChI=1S/C19H15F9N4O5/c1-10(33)37-9-32(16(34)29-12-4-2-11(3-5-12)19(26,27)28)15-30-13(35-7-17(20,21)22)6-14(31-15)36-8-18(23,24)25/h2-6H,7-9H2,1H3,(H,29,34). The minimum Gasteiger partial charge on any atom is -0.468 e. The largest absolute Gasteiger partial charge is 0.468 e. The molecular formula is C19H15F9N4O5. The smallest absolute Gasteiger partial charge is 0.422 e. The summed E-state index contributed by atoms with van der Waals surface area (Å²) >= 11 is 0. The van der Waals surface area contributed by atoms with Crippen molar-refractivity contribution in [2.75, 3.05) is 30.2 Å². The van der Waals surface area contributed by atoms with Gasteiger partial charge in [0.1, 0.15) is 0 Å². The summed E-state index contributed by atoms with van der Waals surface area (Å²) in [6, 6.07) is 2.14. The molecule has 0 spiro atoms. The maximum Gasteiger partial charge on any atom is 0.422 e. The normalized spacial score (nSPS) is 12.1. The molecular weight excluding hydrogens is 535 g/mol. The van der Waals surface area contributed by atoms with Crippen LogP contribution in [0, 0.1) is 0 Å². The van der Waals surface area contributed by atoms with E-state index in [-0.39, 0.29) is 5.69 Å². The molecule has 1 aromatic carbocycles. The fraction of sp³-hybridized carbons (Fsp3) is 0.368. The molecule has 0 fully saturated rings. The van der Waals surface area contributed by atoms with Crippen molar-refractivity contribution in [3.63, 3.8) is 0 Å². The van der Waals surface area contributed by atoms with E-state index in [0.717, 1.165) is 19.1 Å². The topological polar surface area (TPSA) is 103 Å². The molecule has 2 aromatic rings. The molecule has 0 atom stereocenters. The lowest BCUT2D eigenvalue weighted by Gasteiger charge is -2.22. The van der Waals surface area contributed by atoms with Gasteiger partial charge < -0.3 is 19.5 Å². The number of aromatic nitrogens is 2. The van der Waals surface area contributed by atoms with Gasteiger partial charge in [-0.2, -0.15) is 49.5 Å². The van der Waals surface area contributed by atoms with Gasteiger partial charge >= 0.3 is 30.5 Å². The van der Waals surface area contributed by atoms with Crippen LogP contribution in [-0.4, -0.2) is 54.3 Å². The highest BCUT2D eigenvalue weighted by molar-refractivity contribution is 6.00. The lowest BCUT2D eigenvalue weighted by molar-refractivity contribution is -0.154. The second-order valence-corrected chi connectivity index (χ2v) is 6.85. The number of hydrogen-bond donors (Lipinski definition) is 1. The minimum absolute atomic E-state index is 0.219. The van der Waals surface area contributed by atoms with Crippen molar-refractivity contribution in [1.29, 1.82) is 0 Å². The molecule has 0 saturated heterocycles. The molecule has 0 aliphatic heterocycles. The number of nitrogens with one attached hydrogen (secondary N) is 1. The lowest BCUT2D eigenvalue weighted by Crippen LogP contribution is -2.38. The number of hydrogen-bond acceptors (Lipinski definition) is 7. The number of esters is 1. The van der Waals surface area contributed by atoms with Gasteiger partial charge in [-0.15, -0.1) is 0 Å². The van der Waals surface area contributed by atoms with Gasteiger partial charge in [0.05, 0.1) is 11.6 Å². The molecule has 1 N–H and O–H groups in total. The summed E-state index contributed by atoms with van der Waals surface area (Å²) in [5, 5.41) is 2.10. The second-order valence-electron chi connectivity index (χ2n) is 6.85. The maximum atomic E-state index is 12.7. The summed E-state index contributed by atoms with van der Waals surface area (Å²) in [6.07, 6.45) is -14.4. The van der Waals surface area contributed by atoms with Crippen LogP contribution in [-0.2, 0) is 15.7 Å². The van der Waals surface area contributed by atoms with Crippen LogP contribution >= 0.6 is 0 Å². The highest BCUT2D eigenvalue weighted by Crippen LogP contribution is 2.30. The van der Waals surface area contributed by atoms with Crippen LogP contribution in [0.25, 0.3) is 0 Å². The van der Waals surface area contributed by atoms with Crippen molar-refractivity contribution < 1.29 is 63.3 Å². The van der Waals surface area contributed by atoms with Crippen LogP contribution in [0.2, 0.25) is 0 Å². The average molecular weight is 550 g/mol. The zero-order chi connectivity index (χ0) is 28.0. The van der Waals surface area contributed by atoms with Gasteiger partial charge in [-0.25, -0.2) is 9.69 Å². The molecule has 204 valence electrons. The fourth-order valence-electron chi connectivity index (χ4n) is 2.27.